The lowest BCUT2D eigenvalue weighted by atomic mass is 9.74. The van der Waals surface area contributed by atoms with Crippen molar-refractivity contribution < 1.29 is 23.4 Å². The third-order valence-electron chi connectivity index (χ3n) is 3.20. The molecule has 0 aliphatic carbocycles. The summed E-state index contributed by atoms with van der Waals surface area (Å²) in [6.45, 7) is 0.477. The highest BCUT2D eigenvalue weighted by Gasteiger charge is 2.43. The van der Waals surface area contributed by atoms with Crippen molar-refractivity contribution in [3.63, 3.8) is 0 Å². The highest BCUT2D eigenvalue weighted by molar-refractivity contribution is 5.81. The van der Waals surface area contributed by atoms with Crippen molar-refractivity contribution in [2.24, 2.45) is 0 Å². The molecule has 92 valence electrons. The van der Waals surface area contributed by atoms with Gasteiger partial charge in [0.15, 0.2) is 0 Å². The summed E-state index contributed by atoms with van der Waals surface area (Å²) in [6.07, 6.45) is 0.311. The Bertz CT molecular complexity index is 439. The van der Waals surface area contributed by atoms with Crippen LogP contribution in [-0.2, 0) is 14.9 Å². The maximum Gasteiger partial charge on any atom is 0.314 e. The zero-order valence-corrected chi connectivity index (χ0v) is 9.08. The molecule has 1 aliphatic heterocycles. The van der Waals surface area contributed by atoms with Gasteiger partial charge in [-0.3, -0.25) is 4.79 Å². The van der Waals surface area contributed by atoms with Gasteiger partial charge in [-0.05, 0) is 31.0 Å². The van der Waals surface area contributed by atoms with Crippen molar-refractivity contribution in [1.29, 1.82) is 0 Å². The van der Waals surface area contributed by atoms with Crippen LogP contribution in [0.25, 0.3) is 0 Å². The summed E-state index contributed by atoms with van der Waals surface area (Å²) < 4.78 is 31.9. The molecule has 0 saturated carbocycles. The number of halogens is 2. The van der Waals surface area contributed by atoms with Crippen LogP contribution < -0.4 is 0 Å². The van der Waals surface area contributed by atoms with Gasteiger partial charge in [0.1, 0.15) is 11.6 Å². The van der Waals surface area contributed by atoms with E-state index in [4.69, 9.17) is 4.74 Å². The zero-order valence-electron chi connectivity index (χ0n) is 9.08. The number of ether oxygens (including phenoxy) is 1. The third-order valence-corrected chi connectivity index (χ3v) is 3.20. The predicted molar refractivity (Wildman–Crippen MR) is 55.7 cm³/mol. The molecule has 3 nitrogen and oxygen atoms in total. The lowest BCUT2D eigenvalue weighted by molar-refractivity contribution is -0.148. The number of benzene rings is 1. The van der Waals surface area contributed by atoms with E-state index < -0.39 is 23.0 Å². The van der Waals surface area contributed by atoms with Gasteiger partial charge in [-0.25, -0.2) is 8.78 Å². The Morgan fingerprint density at radius 3 is 2.53 bits per heavy atom. The molecule has 1 aromatic rings. The molecule has 0 amide bonds. The van der Waals surface area contributed by atoms with Crippen LogP contribution >= 0.6 is 0 Å². The molecule has 1 heterocycles. The molecule has 1 N–H and O–H groups in total. The average molecular weight is 242 g/mol. The fourth-order valence-electron chi connectivity index (χ4n) is 2.18. The van der Waals surface area contributed by atoms with Crippen molar-refractivity contribution in [3.05, 3.63) is 35.4 Å². The Balaban J connectivity index is 2.52. The standard InChI is InChI=1S/C12H12F2O3/c13-8-1-2-10(14)9(7-8)12(11(15)16)3-5-17-6-4-12/h1-2,7H,3-6H2,(H,15,16). The van der Waals surface area contributed by atoms with E-state index in [2.05, 4.69) is 0 Å². The van der Waals surface area contributed by atoms with Crippen molar-refractivity contribution in [3.8, 4) is 0 Å². The third kappa shape index (κ3) is 2.02. The van der Waals surface area contributed by atoms with Crippen molar-refractivity contribution in [2.75, 3.05) is 13.2 Å². The second-order valence-electron chi connectivity index (χ2n) is 4.12. The van der Waals surface area contributed by atoms with E-state index in [0.717, 1.165) is 18.2 Å². The molecule has 1 fully saturated rings. The van der Waals surface area contributed by atoms with Gasteiger partial charge in [-0.15, -0.1) is 0 Å². The van der Waals surface area contributed by atoms with E-state index in [1.54, 1.807) is 0 Å². The number of carboxylic acid groups (broad SMARTS) is 1. The van der Waals surface area contributed by atoms with E-state index in [1.165, 1.54) is 0 Å². The van der Waals surface area contributed by atoms with Gasteiger partial charge in [0.05, 0.1) is 5.41 Å². The SMILES string of the molecule is O=C(O)C1(c2cc(F)ccc2F)CCOCC1. The van der Waals surface area contributed by atoms with Gasteiger partial charge in [-0.2, -0.15) is 0 Å². The number of hydrogen-bond acceptors (Lipinski definition) is 2. The molecule has 2 rings (SSSR count). The van der Waals surface area contributed by atoms with Crippen LogP contribution in [-0.4, -0.2) is 24.3 Å². The van der Waals surface area contributed by atoms with Crippen LogP contribution in [0.15, 0.2) is 18.2 Å². The van der Waals surface area contributed by atoms with E-state index >= 15 is 0 Å². The topological polar surface area (TPSA) is 46.5 Å². The summed E-state index contributed by atoms with van der Waals surface area (Å²) in [5, 5.41) is 9.31. The van der Waals surface area contributed by atoms with Crippen molar-refractivity contribution in [1.82, 2.24) is 0 Å². The highest BCUT2D eigenvalue weighted by atomic mass is 19.1. The second kappa shape index (κ2) is 4.41. The molecule has 0 atom stereocenters. The number of carbonyl (C=O) groups is 1. The molecule has 1 aromatic carbocycles. The largest absolute Gasteiger partial charge is 0.481 e. The van der Waals surface area contributed by atoms with Gasteiger partial charge in [-0.1, -0.05) is 0 Å². The Morgan fingerprint density at radius 1 is 1.29 bits per heavy atom. The Labute approximate surface area is 97.0 Å². The number of carboxylic acids is 1. The van der Waals surface area contributed by atoms with Crippen LogP contribution in [0.4, 0.5) is 8.78 Å². The maximum atomic E-state index is 13.7. The molecule has 5 heteroatoms. The summed E-state index contributed by atoms with van der Waals surface area (Å²) >= 11 is 0. The average Bonchev–Trinajstić information content (AvgIpc) is 2.33. The van der Waals surface area contributed by atoms with Crippen LogP contribution in [0, 0.1) is 11.6 Å². The minimum atomic E-state index is -1.37. The first-order valence-electron chi connectivity index (χ1n) is 5.33. The minimum Gasteiger partial charge on any atom is -0.481 e. The van der Waals surface area contributed by atoms with Crippen molar-refractivity contribution >= 4 is 5.97 Å². The number of aliphatic carboxylic acids is 1. The predicted octanol–water partition coefficient (Wildman–Crippen LogP) is 2.10. The molecule has 0 spiro atoms. The van der Waals surface area contributed by atoms with Gasteiger partial charge in [0, 0.05) is 18.8 Å². The summed E-state index contributed by atoms with van der Waals surface area (Å²) in [6, 6.07) is 2.91. The fraction of sp³-hybridized carbons (Fsp3) is 0.417. The van der Waals surface area contributed by atoms with E-state index in [-0.39, 0.29) is 31.6 Å². The normalized spacial score (nSPS) is 18.9. The molecule has 0 unspecified atom stereocenters. The molecule has 17 heavy (non-hydrogen) atoms. The second-order valence-corrected chi connectivity index (χ2v) is 4.12. The molecule has 0 bridgehead atoms. The Morgan fingerprint density at radius 2 is 1.94 bits per heavy atom. The summed E-state index contributed by atoms with van der Waals surface area (Å²) in [4.78, 5) is 11.4. The molecule has 1 saturated heterocycles. The number of hydrogen-bond donors (Lipinski definition) is 1. The maximum absolute atomic E-state index is 13.7. The Hall–Kier alpha value is -1.49. The number of rotatable bonds is 2. The lowest BCUT2D eigenvalue weighted by Crippen LogP contribution is -2.42. The van der Waals surface area contributed by atoms with E-state index in [9.17, 15) is 18.7 Å². The van der Waals surface area contributed by atoms with E-state index in [1.807, 2.05) is 0 Å². The monoisotopic (exact) mass is 242 g/mol. The van der Waals surface area contributed by atoms with Crippen LogP contribution in [0.1, 0.15) is 18.4 Å². The summed E-state index contributed by atoms with van der Waals surface area (Å²) in [5.41, 5.74) is -1.46. The highest BCUT2D eigenvalue weighted by Crippen LogP contribution is 2.36. The molecular weight excluding hydrogens is 230 g/mol. The van der Waals surface area contributed by atoms with Crippen LogP contribution in [0.3, 0.4) is 0 Å². The smallest absolute Gasteiger partial charge is 0.314 e. The van der Waals surface area contributed by atoms with Gasteiger partial charge in [0.2, 0.25) is 0 Å². The Kier molecular flexibility index (Phi) is 3.11. The van der Waals surface area contributed by atoms with Crippen LogP contribution in [0.5, 0.6) is 0 Å². The molecular formula is C12H12F2O3. The van der Waals surface area contributed by atoms with Crippen molar-refractivity contribution in [2.45, 2.75) is 18.3 Å². The zero-order chi connectivity index (χ0) is 12.5. The molecule has 0 radical (unpaired) electrons. The molecule has 1 aliphatic rings. The minimum absolute atomic E-state index is 0.0895. The van der Waals surface area contributed by atoms with Gasteiger partial charge < -0.3 is 9.84 Å². The lowest BCUT2D eigenvalue weighted by Gasteiger charge is -2.33. The van der Waals surface area contributed by atoms with E-state index in [0.29, 0.717) is 0 Å². The van der Waals surface area contributed by atoms with Gasteiger partial charge >= 0.3 is 5.97 Å². The van der Waals surface area contributed by atoms with Crippen LogP contribution in [0.2, 0.25) is 0 Å². The van der Waals surface area contributed by atoms with Gasteiger partial charge in [0.25, 0.3) is 0 Å². The molecule has 0 aromatic heterocycles. The summed E-state index contributed by atoms with van der Waals surface area (Å²) in [5.74, 6) is -2.45. The summed E-state index contributed by atoms with van der Waals surface area (Å²) in [7, 11) is 0. The first-order chi connectivity index (χ1) is 8.06. The first kappa shape index (κ1) is 12.0. The quantitative estimate of drug-likeness (QED) is 0.863. The first-order valence-corrected chi connectivity index (χ1v) is 5.33. The fourth-order valence-corrected chi connectivity index (χ4v) is 2.18.